The monoisotopic (exact) mass is 495 g/mol. The number of nitrogens with zero attached hydrogens (tertiary/aromatic N) is 1. The van der Waals surface area contributed by atoms with Gasteiger partial charge in [0, 0.05) is 36.1 Å². The molecule has 11 atom stereocenters. The largest absolute Gasteiger partial charge is 0.443 e. The number of fused-ring (bicyclic) bond motifs is 5. The first-order valence-corrected chi connectivity index (χ1v) is 14.2. The van der Waals surface area contributed by atoms with Crippen molar-refractivity contribution >= 4 is 17.5 Å². The molecule has 2 saturated carbocycles. The smallest absolute Gasteiger partial charge is 0.308 e. The highest BCUT2D eigenvalue weighted by Crippen LogP contribution is 2.78. The van der Waals surface area contributed by atoms with E-state index in [-0.39, 0.29) is 59.1 Å². The second-order valence-electron chi connectivity index (χ2n) is 14.6. The molecule has 4 aliphatic heterocycles. The van der Waals surface area contributed by atoms with Crippen LogP contribution in [0.4, 0.5) is 0 Å². The lowest BCUT2D eigenvalue weighted by molar-refractivity contribution is -0.379. The van der Waals surface area contributed by atoms with E-state index < -0.39 is 22.3 Å². The van der Waals surface area contributed by atoms with Gasteiger partial charge in [0.05, 0.1) is 12.5 Å². The molecule has 0 aromatic heterocycles. The lowest BCUT2D eigenvalue weighted by Gasteiger charge is -2.76. The Bertz CT molecular complexity index is 1130. The maximum atomic E-state index is 14.4. The molecule has 6 nitrogen and oxygen atoms in total. The molecule has 6 fully saturated rings. The molecule has 7 aliphatic rings. The van der Waals surface area contributed by atoms with Gasteiger partial charge in [-0.15, -0.1) is 0 Å². The zero-order valence-corrected chi connectivity index (χ0v) is 22.7. The van der Waals surface area contributed by atoms with Crippen molar-refractivity contribution in [2.45, 2.75) is 104 Å². The summed E-state index contributed by atoms with van der Waals surface area (Å²) in [6, 6.07) is 0. The molecule has 7 rings (SSSR count). The summed E-state index contributed by atoms with van der Waals surface area (Å²) in [5, 5.41) is 0. The zero-order chi connectivity index (χ0) is 25.6. The van der Waals surface area contributed by atoms with Crippen LogP contribution in [0.5, 0.6) is 0 Å². The van der Waals surface area contributed by atoms with Crippen molar-refractivity contribution in [3.63, 3.8) is 0 Å². The molecule has 36 heavy (non-hydrogen) atoms. The van der Waals surface area contributed by atoms with Crippen LogP contribution in [0.3, 0.4) is 0 Å². The molecule has 0 N–H and O–H groups in total. The van der Waals surface area contributed by atoms with Gasteiger partial charge in [-0.1, -0.05) is 40.2 Å². The number of rotatable bonds is 0. The molecule has 0 amide bonds. The van der Waals surface area contributed by atoms with Crippen molar-refractivity contribution in [3.8, 4) is 0 Å². The molecule has 0 radical (unpaired) electrons. The van der Waals surface area contributed by atoms with Crippen LogP contribution in [0.15, 0.2) is 11.6 Å². The highest BCUT2D eigenvalue weighted by Gasteiger charge is 2.82. The lowest BCUT2D eigenvalue weighted by atomic mass is 9.33. The summed E-state index contributed by atoms with van der Waals surface area (Å²) in [4.78, 5) is 43.7. The summed E-state index contributed by atoms with van der Waals surface area (Å²) in [7, 11) is 0. The predicted molar refractivity (Wildman–Crippen MR) is 132 cm³/mol. The van der Waals surface area contributed by atoms with E-state index in [4.69, 9.17) is 9.47 Å². The van der Waals surface area contributed by atoms with Crippen LogP contribution in [0.1, 0.15) is 86.5 Å². The average Bonchev–Trinajstić information content (AvgIpc) is 3.04. The Balaban J connectivity index is 1.46. The molecule has 0 aromatic rings. The van der Waals surface area contributed by atoms with Crippen LogP contribution >= 0.6 is 0 Å². The fourth-order valence-electron chi connectivity index (χ4n) is 11.3. The summed E-state index contributed by atoms with van der Waals surface area (Å²) >= 11 is 0. The van der Waals surface area contributed by atoms with Crippen LogP contribution in [-0.4, -0.2) is 46.5 Å². The number of carbonyl (C=O) groups excluding carboxylic acids is 3. The Morgan fingerprint density at radius 3 is 2.58 bits per heavy atom. The van der Waals surface area contributed by atoms with Crippen LogP contribution in [0.25, 0.3) is 0 Å². The molecule has 4 saturated heterocycles. The third kappa shape index (κ3) is 2.41. The molecule has 4 bridgehead atoms. The van der Waals surface area contributed by atoms with Crippen molar-refractivity contribution in [2.24, 2.45) is 45.8 Å². The van der Waals surface area contributed by atoms with Gasteiger partial charge in [0.15, 0.2) is 11.5 Å². The van der Waals surface area contributed by atoms with Crippen LogP contribution in [0.2, 0.25) is 0 Å². The van der Waals surface area contributed by atoms with E-state index in [1.807, 2.05) is 6.92 Å². The van der Waals surface area contributed by atoms with Crippen molar-refractivity contribution < 1.29 is 23.9 Å². The molecular weight excluding hydrogens is 454 g/mol. The predicted octanol–water partition coefficient (Wildman–Crippen LogP) is 4.66. The minimum Gasteiger partial charge on any atom is -0.443 e. The van der Waals surface area contributed by atoms with Gasteiger partial charge in [-0.05, 0) is 67.8 Å². The van der Waals surface area contributed by atoms with Gasteiger partial charge in [0.25, 0.3) is 0 Å². The van der Waals surface area contributed by atoms with Gasteiger partial charge in [0.1, 0.15) is 11.5 Å². The zero-order valence-electron chi connectivity index (χ0n) is 22.7. The molecule has 6 heteroatoms. The SMILES string of the molecule is CC1=CC(=O)[C@@H]2C(C1)[C@]1(C)C[C@@]34OC(=O)C[C@@](C)(C1C(=O)[C@@H]2C)[C@]3(C)CC[C@]12C[C@@H](C)C[C@H](CN14)O2. The van der Waals surface area contributed by atoms with Gasteiger partial charge in [0.2, 0.25) is 0 Å². The van der Waals surface area contributed by atoms with Gasteiger partial charge in [-0.3, -0.25) is 14.4 Å². The van der Waals surface area contributed by atoms with E-state index in [0.717, 1.165) is 44.2 Å². The van der Waals surface area contributed by atoms with Crippen molar-refractivity contribution in [1.82, 2.24) is 4.90 Å². The number of hydrogen-bond acceptors (Lipinski definition) is 6. The summed E-state index contributed by atoms with van der Waals surface area (Å²) in [5.74, 6) is -0.101. The highest BCUT2D eigenvalue weighted by atomic mass is 16.6. The van der Waals surface area contributed by atoms with E-state index in [2.05, 4.69) is 39.5 Å². The molecule has 4 heterocycles. The number of Topliss-reactive ketones (excluding diaryl/α,β-unsaturated/α-hetero) is 1. The minimum absolute atomic E-state index is 0.0740. The second kappa shape index (κ2) is 6.72. The van der Waals surface area contributed by atoms with E-state index >= 15 is 0 Å². The Morgan fingerprint density at radius 2 is 1.83 bits per heavy atom. The second-order valence-corrected chi connectivity index (χ2v) is 14.6. The van der Waals surface area contributed by atoms with E-state index in [0.29, 0.717) is 12.3 Å². The number of ether oxygens (including phenoxy) is 2. The van der Waals surface area contributed by atoms with E-state index in [1.54, 1.807) is 6.08 Å². The fourth-order valence-corrected chi connectivity index (χ4v) is 11.3. The average molecular weight is 496 g/mol. The summed E-state index contributed by atoms with van der Waals surface area (Å²) < 4.78 is 13.4. The Kier molecular flexibility index (Phi) is 4.40. The van der Waals surface area contributed by atoms with E-state index in [9.17, 15) is 14.4 Å². The number of allylic oxidation sites excluding steroid dienone is 2. The standard InChI is InChI=1S/C30H41NO5/c1-16-10-20-23(21(32)11-16)18(3)24(34)25-26(20,4)15-30-28(6,27(25,5)13-22(33)36-30)7-8-29-12-17(2)9-19(35-29)14-31(29)30/h11,17-20,23,25H,7-10,12-15H2,1-6H3/t17-,18+,19+,20?,23-,25?,26-,27-,28-,29-,30+/m0/s1. The third-order valence-electron chi connectivity index (χ3n) is 12.7. The first-order valence-electron chi connectivity index (χ1n) is 14.2. The Morgan fingerprint density at radius 1 is 1.08 bits per heavy atom. The first-order chi connectivity index (χ1) is 16.8. The molecule has 0 aromatic carbocycles. The van der Waals surface area contributed by atoms with Gasteiger partial charge in [-0.2, -0.15) is 0 Å². The fraction of sp³-hybridized carbons (Fsp3) is 0.833. The maximum absolute atomic E-state index is 14.4. The molecule has 3 aliphatic carbocycles. The van der Waals surface area contributed by atoms with Crippen molar-refractivity contribution in [2.75, 3.05) is 6.54 Å². The van der Waals surface area contributed by atoms with Gasteiger partial charge >= 0.3 is 5.97 Å². The summed E-state index contributed by atoms with van der Waals surface area (Å²) in [6.07, 6.45) is 7.43. The van der Waals surface area contributed by atoms with Crippen LogP contribution < -0.4 is 0 Å². The topological polar surface area (TPSA) is 72.9 Å². The number of piperidine rings is 1. The van der Waals surface area contributed by atoms with E-state index in [1.165, 1.54) is 0 Å². The number of hydrogen-bond donors (Lipinski definition) is 0. The molecular formula is C30H41NO5. The number of carbonyl (C=O) groups is 3. The third-order valence-corrected chi connectivity index (χ3v) is 12.7. The van der Waals surface area contributed by atoms with Crippen molar-refractivity contribution in [3.05, 3.63) is 11.6 Å². The van der Waals surface area contributed by atoms with Crippen molar-refractivity contribution in [1.29, 1.82) is 0 Å². The van der Waals surface area contributed by atoms with Gasteiger partial charge < -0.3 is 9.47 Å². The minimum atomic E-state index is -0.817. The number of ketones is 2. The highest BCUT2D eigenvalue weighted by molar-refractivity contribution is 6.00. The van der Waals surface area contributed by atoms with Gasteiger partial charge in [-0.25, -0.2) is 4.90 Å². The van der Waals surface area contributed by atoms with Crippen LogP contribution in [0, 0.1) is 45.8 Å². The Hall–Kier alpha value is -1.53. The lowest BCUT2D eigenvalue weighted by Crippen LogP contribution is -2.83. The quantitative estimate of drug-likeness (QED) is 0.455. The normalized spacial score (nSPS) is 57.7. The van der Waals surface area contributed by atoms with Crippen LogP contribution in [-0.2, 0) is 23.9 Å². The Labute approximate surface area is 214 Å². The number of esters is 1. The summed E-state index contributed by atoms with van der Waals surface area (Å²) in [5.41, 5.74) is -1.44. The molecule has 196 valence electrons. The molecule has 2 unspecified atom stereocenters. The summed E-state index contributed by atoms with van der Waals surface area (Å²) in [6.45, 7) is 13.9. The first kappa shape index (κ1) is 23.6. The molecule has 1 spiro atoms. The maximum Gasteiger partial charge on any atom is 0.308 e.